The molecule has 1 aliphatic rings. The number of hydroxylamine groups is 1. The van der Waals surface area contributed by atoms with Gasteiger partial charge in [0.2, 0.25) is 0 Å². The van der Waals surface area contributed by atoms with Gasteiger partial charge in [-0.2, -0.15) is 0 Å². The highest BCUT2D eigenvalue weighted by Gasteiger charge is 2.38. The van der Waals surface area contributed by atoms with Crippen LogP contribution in [0, 0.1) is 0 Å². The molecule has 1 aliphatic carbocycles. The monoisotopic (exact) mass is 504 g/mol. The van der Waals surface area contributed by atoms with Crippen LogP contribution < -0.4 is 10.4 Å². The molecule has 5 rings (SSSR count). The zero-order valence-electron chi connectivity index (χ0n) is 22.8. The van der Waals surface area contributed by atoms with E-state index in [0.717, 1.165) is 32.2 Å². The SMILES string of the molecule is CCCC(CN(OC)c1cccc2c1CCCC2)NC(c1ccccc1)(c1ccccc1)c1ccccc1. The maximum atomic E-state index is 6.10. The first kappa shape index (κ1) is 26.2. The fourth-order valence-corrected chi connectivity index (χ4v) is 6.14. The molecule has 1 N–H and O–H groups in total. The smallest absolute Gasteiger partial charge is 0.0950 e. The summed E-state index contributed by atoms with van der Waals surface area (Å²) in [6.45, 7) is 3.03. The van der Waals surface area contributed by atoms with Gasteiger partial charge < -0.3 is 0 Å². The first-order valence-corrected chi connectivity index (χ1v) is 14.1. The summed E-state index contributed by atoms with van der Waals surface area (Å²) >= 11 is 0. The van der Waals surface area contributed by atoms with Crippen LogP contribution in [0.1, 0.15) is 60.4 Å². The van der Waals surface area contributed by atoms with Gasteiger partial charge in [-0.25, -0.2) is 0 Å². The first-order valence-electron chi connectivity index (χ1n) is 14.1. The van der Waals surface area contributed by atoms with E-state index in [1.807, 2.05) is 7.11 Å². The lowest BCUT2D eigenvalue weighted by atomic mass is 9.76. The van der Waals surface area contributed by atoms with Crippen molar-refractivity contribution in [2.24, 2.45) is 0 Å². The van der Waals surface area contributed by atoms with Gasteiger partial charge in [-0.3, -0.25) is 15.2 Å². The van der Waals surface area contributed by atoms with Gasteiger partial charge in [-0.1, -0.05) is 116 Å². The number of anilines is 1. The van der Waals surface area contributed by atoms with Crippen LogP contribution in [0.15, 0.2) is 109 Å². The summed E-state index contributed by atoms with van der Waals surface area (Å²) in [5, 5.41) is 6.34. The second-order valence-corrected chi connectivity index (χ2v) is 10.3. The van der Waals surface area contributed by atoms with E-state index in [9.17, 15) is 0 Å². The number of hydrogen-bond donors (Lipinski definition) is 1. The Bertz CT molecular complexity index is 1180. The molecule has 3 heteroatoms. The van der Waals surface area contributed by atoms with E-state index in [0.29, 0.717) is 0 Å². The molecule has 1 atom stereocenters. The number of rotatable bonds is 11. The van der Waals surface area contributed by atoms with Crippen molar-refractivity contribution in [3.63, 3.8) is 0 Å². The predicted octanol–water partition coefficient (Wildman–Crippen LogP) is 7.68. The number of fused-ring (bicyclic) bond motifs is 1. The topological polar surface area (TPSA) is 24.5 Å². The van der Waals surface area contributed by atoms with E-state index in [4.69, 9.17) is 4.84 Å². The van der Waals surface area contributed by atoms with Gasteiger partial charge in [0, 0.05) is 6.04 Å². The molecule has 0 amide bonds. The molecule has 0 radical (unpaired) electrons. The van der Waals surface area contributed by atoms with Crippen LogP contribution in [0.4, 0.5) is 5.69 Å². The molecule has 0 aromatic heterocycles. The summed E-state index contributed by atoms with van der Waals surface area (Å²) < 4.78 is 0. The van der Waals surface area contributed by atoms with E-state index in [1.165, 1.54) is 46.3 Å². The number of aryl methyl sites for hydroxylation is 1. The third-order valence-corrected chi connectivity index (χ3v) is 7.92. The van der Waals surface area contributed by atoms with Crippen molar-refractivity contribution in [1.29, 1.82) is 0 Å². The Morgan fingerprint density at radius 2 is 1.29 bits per heavy atom. The second kappa shape index (κ2) is 12.4. The maximum absolute atomic E-state index is 6.10. The zero-order valence-corrected chi connectivity index (χ0v) is 22.8. The molecule has 0 heterocycles. The summed E-state index contributed by atoms with van der Waals surface area (Å²) in [6.07, 6.45) is 6.92. The third kappa shape index (κ3) is 5.41. The molecule has 0 saturated heterocycles. The molecule has 0 fully saturated rings. The molecule has 196 valence electrons. The molecule has 1 unspecified atom stereocenters. The number of hydrogen-bond acceptors (Lipinski definition) is 3. The Labute approximate surface area is 228 Å². The van der Waals surface area contributed by atoms with E-state index >= 15 is 0 Å². The quantitative estimate of drug-likeness (QED) is 0.167. The molecule has 0 aliphatic heterocycles. The minimum Gasteiger partial charge on any atom is -0.295 e. The summed E-state index contributed by atoms with van der Waals surface area (Å²) in [7, 11) is 1.81. The van der Waals surface area contributed by atoms with Gasteiger partial charge in [0.05, 0.1) is 24.9 Å². The fourth-order valence-electron chi connectivity index (χ4n) is 6.14. The number of benzene rings is 4. The van der Waals surface area contributed by atoms with Crippen molar-refractivity contribution in [2.45, 2.75) is 57.0 Å². The van der Waals surface area contributed by atoms with E-state index < -0.39 is 5.54 Å². The highest BCUT2D eigenvalue weighted by molar-refractivity contribution is 5.56. The summed E-state index contributed by atoms with van der Waals surface area (Å²) in [4.78, 5) is 6.10. The Kier molecular flexibility index (Phi) is 8.58. The van der Waals surface area contributed by atoms with Crippen molar-refractivity contribution in [3.8, 4) is 0 Å². The normalized spacial score (nSPS) is 14.1. The van der Waals surface area contributed by atoms with Gasteiger partial charge in [0.25, 0.3) is 0 Å². The predicted molar refractivity (Wildman–Crippen MR) is 158 cm³/mol. The van der Waals surface area contributed by atoms with Gasteiger partial charge in [0.1, 0.15) is 0 Å². The molecular weight excluding hydrogens is 464 g/mol. The van der Waals surface area contributed by atoms with Gasteiger partial charge in [-0.15, -0.1) is 0 Å². The lowest BCUT2D eigenvalue weighted by Crippen LogP contribution is -2.53. The third-order valence-electron chi connectivity index (χ3n) is 7.92. The maximum Gasteiger partial charge on any atom is 0.0950 e. The van der Waals surface area contributed by atoms with Crippen LogP contribution in [0.25, 0.3) is 0 Å². The van der Waals surface area contributed by atoms with Crippen molar-refractivity contribution in [2.75, 3.05) is 18.7 Å². The highest BCUT2D eigenvalue weighted by atomic mass is 16.7. The zero-order chi connectivity index (χ0) is 26.2. The molecule has 4 aromatic carbocycles. The average Bonchev–Trinajstić information content (AvgIpc) is 2.99. The number of nitrogens with zero attached hydrogens (tertiary/aromatic N) is 1. The minimum absolute atomic E-state index is 0.181. The van der Waals surface area contributed by atoms with Crippen molar-refractivity contribution in [3.05, 3.63) is 137 Å². The van der Waals surface area contributed by atoms with Crippen LogP contribution in [0.2, 0.25) is 0 Å². The van der Waals surface area contributed by atoms with E-state index in [1.54, 1.807) is 0 Å². The van der Waals surface area contributed by atoms with Gasteiger partial charge in [0.15, 0.2) is 0 Å². The van der Waals surface area contributed by atoms with Crippen LogP contribution in [-0.2, 0) is 23.2 Å². The number of nitrogens with one attached hydrogen (secondary N) is 1. The van der Waals surface area contributed by atoms with Crippen LogP contribution in [0.5, 0.6) is 0 Å². The van der Waals surface area contributed by atoms with Crippen LogP contribution >= 0.6 is 0 Å². The Hall–Kier alpha value is -3.40. The molecule has 0 bridgehead atoms. The largest absolute Gasteiger partial charge is 0.295 e. The Morgan fingerprint density at radius 1 is 0.737 bits per heavy atom. The molecule has 3 nitrogen and oxygen atoms in total. The van der Waals surface area contributed by atoms with Gasteiger partial charge >= 0.3 is 0 Å². The summed E-state index contributed by atoms with van der Waals surface area (Å²) in [5.41, 5.74) is 7.36. The van der Waals surface area contributed by atoms with Crippen molar-refractivity contribution < 1.29 is 4.84 Å². The van der Waals surface area contributed by atoms with E-state index in [-0.39, 0.29) is 6.04 Å². The summed E-state index contributed by atoms with van der Waals surface area (Å²) in [5.74, 6) is 0. The lowest BCUT2D eigenvalue weighted by Gasteiger charge is -2.41. The fraction of sp³-hybridized carbons (Fsp3) is 0.314. The molecular formula is C35H40N2O. The molecule has 0 spiro atoms. The molecule has 0 saturated carbocycles. The van der Waals surface area contributed by atoms with Crippen LogP contribution in [-0.4, -0.2) is 19.7 Å². The van der Waals surface area contributed by atoms with Crippen LogP contribution in [0.3, 0.4) is 0 Å². The highest BCUT2D eigenvalue weighted by Crippen LogP contribution is 2.38. The Balaban J connectivity index is 1.58. The van der Waals surface area contributed by atoms with E-state index in [2.05, 4.69) is 126 Å². The van der Waals surface area contributed by atoms with Gasteiger partial charge in [-0.05, 0) is 66.0 Å². The minimum atomic E-state index is -0.501. The average molecular weight is 505 g/mol. The Morgan fingerprint density at radius 3 is 1.82 bits per heavy atom. The summed E-state index contributed by atoms with van der Waals surface area (Å²) in [6, 6.07) is 39.5. The molecule has 4 aromatic rings. The first-order chi connectivity index (χ1) is 18.8. The lowest BCUT2D eigenvalue weighted by molar-refractivity contribution is 0.153. The standard InChI is InChI=1S/C35H40N2O/c1-3-16-32(27-37(38-2)34-26-15-18-28-17-13-14-25-33(28)34)36-35(29-19-7-4-8-20-29,30-21-9-5-10-22-30)31-23-11-6-12-24-31/h4-12,15,18-24,26,32,36H,3,13-14,16-17,25,27H2,1-2H3. The van der Waals surface area contributed by atoms with Crippen molar-refractivity contribution in [1.82, 2.24) is 5.32 Å². The van der Waals surface area contributed by atoms with Crippen molar-refractivity contribution >= 4 is 5.69 Å². The second-order valence-electron chi connectivity index (χ2n) is 10.3. The molecule has 38 heavy (non-hydrogen) atoms.